The summed E-state index contributed by atoms with van der Waals surface area (Å²) in [6, 6.07) is 8.98. The van der Waals surface area contributed by atoms with Gasteiger partial charge in [0.05, 0.1) is 12.7 Å². The predicted molar refractivity (Wildman–Crippen MR) is 90.0 cm³/mol. The molecule has 0 bridgehead atoms. The Kier molecular flexibility index (Phi) is 5.36. The molecule has 0 aliphatic heterocycles. The van der Waals surface area contributed by atoms with Gasteiger partial charge in [0, 0.05) is 21.7 Å². The summed E-state index contributed by atoms with van der Waals surface area (Å²) < 4.78 is 6.78. The van der Waals surface area contributed by atoms with Crippen LogP contribution in [0.3, 0.4) is 0 Å². The Morgan fingerprint density at radius 3 is 2.62 bits per heavy atom. The second kappa shape index (κ2) is 7.04. The van der Waals surface area contributed by atoms with Crippen molar-refractivity contribution in [1.82, 2.24) is 4.98 Å². The van der Waals surface area contributed by atoms with Crippen molar-refractivity contribution in [3.8, 4) is 5.75 Å². The highest BCUT2D eigenvalue weighted by molar-refractivity contribution is 9.10. The van der Waals surface area contributed by atoms with Gasteiger partial charge < -0.3 is 4.74 Å². The van der Waals surface area contributed by atoms with Crippen molar-refractivity contribution >= 4 is 43.6 Å². The van der Waals surface area contributed by atoms with E-state index in [4.69, 9.17) is 4.74 Å². The standard InChI is InChI=1S/C15H14Br2N2O2/c1-3-19(14-7-4-10(16)9-18-14)15(20)12-8-11(21-2)5-6-13(12)17/h4-9H,3H2,1-2H3. The molecule has 0 atom stereocenters. The molecule has 0 N–H and O–H groups in total. The lowest BCUT2D eigenvalue weighted by Crippen LogP contribution is -2.31. The van der Waals surface area contributed by atoms with Gasteiger partial charge in [0.15, 0.2) is 0 Å². The minimum Gasteiger partial charge on any atom is -0.497 e. The molecular formula is C15H14Br2N2O2. The minimum atomic E-state index is -0.127. The van der Waals surface area contributed by atoms with E-state index in [1.54, 1.807) is 42.5 Å². The Morgan fingerprint density at radius 1 is 1.29 bits per heavy atom. The molecule has 0 aliphatic carbocycles. The van der Waals surface area contributed by atoms with Gasteiger partial charge in [-0.2, -0.15) is 0 Å². The Hall–Kier alpha value is -1.40. The number of amides is 1. The molecule has 0 fully saturated rings. The van der Waals surface area contributed by atoms with Crippen molar-refractivity contribution in [2.75, 3.05) is 18.6 Å². The maximum Gasteiger partial charge on any atom is 0.260 e. The molecule has 0 radical (unpaired) electrons. The number of pyridine rings is 1. The molecule has 0 aliphatic rings. The number of methoxy groups -OCH3 is 1. The fourth-order valence-electron chi connectivity index (χ4n) is 1.88. The lowest BCUT2D eigenvalue weighted by atomic mass is 10.2. The quantitative estimate of drug-likeness (QED) is 0.751. The average molecular weight is 414 g/mol. The topological polar surface area (TPSA) is 42.4 Å². The summed E-state index contributed by atoms with van der Waals surface area (Å²) in [4.78, 5) is 18.6. The number of carbonyl (C=O) groups excluding carboxylic acids is 1. The normalized spacial score (nSPS) is 10.3. The van der Waals surface area contributed by atoms with E-state index in [2.05, 4.69) is 36.8 Å². The van der Waals surface area contributed by atoms with Crippen molar-refractivity contribution in [3.63, 3.8) is 0 Å². The van der Waals surface area contributed by atoms with Crippen molar-refractivity contribution < 1.29 is 9.53 Å². The molecule has 21 heavy (non-hydrogen) atoms. The molecule has 2 aromatic rings. The molecule has 1 aromatic heterocycles. The number of rotatable bonds is 4. The Balaban J connectivity index is 2.38. The number of hydrogen-bond acceptors (Lipinski definition) is 3. The van der Waals surface area contributed by atoms with E-state index in [0.29, 0.717) is 23.7 Å². The zero-order valence-corrected chi connectivity index (χ0v) is 14.8. The molecule has 1 aromatic carbocycles. The number of anilines is 1. The first-order valence-electron chi connectivity index (χ1n) is 6.33. The Labute approximate surface area is 140 Å². The van der Waals surface area contributed by atoms with Gasteiger partial charge in [-0.1, -0.05) is 0 Å². The number of halogens is 2. The van der Waals surface area contributed by atoms with E-state index in [1.807, 2.05) is 13.0 Å². The van der Waals surface area contributed by atoms with E-state index >= 15 is 0 Å². The first-order chi connectivity index (χ1) is 10.1. The summed E-state index contributed by atoms with van der Waals surface area (Å²) in [6.07, 6.45) is 1.67. The number of nitrogens with zero attached hydrogens (tertiary/aromatic N) is 2. The average Bonchev–Trinajstić information content (AvgIpc) is 2.50. The van der Waals surface area contributed by atoms with Crippen molar-refractivity contribution in [1.29, 1.82) is 0 Å². The largest absolute Gasteiger partial charge is 0.497 e. The first-order valence-corrected chi connectivity index (χ1v) is 7.92. The third-order valence-electron chi connectivity index (χ3n) is 2.95. The Morgan fingerprint density at radius 2 is 2.05 bits per heavy atom. The zero-order chi connectivity index (χ0) is 15.4. The second-order valence-corrected chi connectivity index (χ2v) is 6.00. The molecule has 6 heteroatoms. The fraction of sp³-hybridized carbons (Fsp3) is 0.200. The zero-order valence-electron chi connectivity index (χ0n) is 11.6. The van der Waals surface area contributed by atoms with Gasteiger partial charge >= 0.3 is 0 Å². The van der Waals surface area contributed by atoms with Crippen LogP contribution < -0.4 is 9.64 Å². The number of benzene rings is 1. The summed E-state index contributed by atoms with van der Waals surface area (Å²) in [5, 5.41) is 0. The van der Waals surface area contributed by atoms with Crippen LogP contribution in [0.2, 0.25) is 0 Å². The summed E-state index contributed by atoms with van der Waals surface area (Å²) in [6.45, 7) is 2.44. The van der Waals surface area contributed by atoms with Gasteiger partial charge in [0.1, 0.15) is 11.6 Å². The number of aromatic nitrogens is 1. The summed E-state index contributed by atoms with van der Waals surface area (Å²) in [5.74, 6) is 1.12. The van der Waals surface area contributed by atoms with E-state index in [0.717, 1.165) is 8.95 Å². The molecule has 110 valence electrons. The van der Waals surface area contributed by atoms with Crippen LogP contribution in [0.15, 0.2) is 45.5 Å². The van der Waals surface area contributed by atoms with Crippen molar-refractivity contribution in [2.45, 2.75) is 6.92 Å². The van der Waals surface area contributed by atoms with Gasteiger partial charge in [-0.25, -0.2) is 4.98 Å². The van der Waals surface area contributed by atoms with Gasteiger partial charge in [-0.05, 0) is 69.1 Å². The van der Waals surface area contributed by atoms with Gasteiger partial charge in [-0.15, -0.1) is 0 Å². The molecule has 0 saturated carbocycles. The molecule has 2 rings (SSSR count). The van der Waals surface area contributed by atoms with Crippen LogP contribution in [0.5, 0.6) is 5.75 Å². The third kappa shape index (κ3) is 3.63. The highest BCUT2D eigenvalue weighted by Crippen LogP contribution is 2.25. The molecule has 0 spiro atoms. The number of ether oxygens (including phenoxy) is 1. The molecule has 1 amide bonds. The number of hydrogen-bond donors (Lipinski definition) is 0. The van der Waals surface area contributed by atoms with Crippen LogP contribution in [-0.4, -0.2) is 24.5 Å². The first kappa shape index (κ1) is 16.0. The second-order valence-electron chi connectivity index (χ2n) is 4.23. The maximum atomic E-state index is 12.7. The molecule has 4 nitrogen and oxygen atoms in total. The van der Waals surface area contributed by atoms with Crippen LogP contribution in [-0.2, 0) is 0 Å². The molecular weight excluding hydrogens is 400 g/mol. The van der Waals surface area contributed by atoms with Gasteiger partial charge in [-0.3, -0.25) is 9.69 Å². The van der Waals surface area contributed by atoms with E-state index in [9.17, 15) is 4.79 Å². The monoisotopic (exact) mass is 412 g/mol. The minimum absolute atomic E-state index is 0.127. The SMILES string of the molecule is CCN(C(=O)c1cc(OC)ccc1Br)c1ccc(Br)cn1. The summed E-state index contributed by atoms with van der Waals surface area (Å²) in [7, 11) is 1.57. The summed E-state index contributed by atoms with van der Waals surface area (Å²) >= 11 is 6.75. The summed E-state index contributed by atoms with van der Waals surface area (Å²) in [5.41, 5.74) is 0.543. The molecule has 0 saturated heterocycles. The van der Waals surface area contributed by atoms with Gasteiger partial charge in [0.25, 0.3) is 5.91 Å². The van der Waals surface area contributed by atoms with Crippen LogP contribution >= 0.6 is 31.9 Å². The van der Waals surface area contributed by atoms with Gasteiger partial charge in [0.2, 0.25) is 0 Å². The Bertz CT molecular complexity index is 645. The lowest BCUT2D eigenvalue weighted by Gasteiger charge is -2.21. The number of carbonyl (C=O) groups is 1. The van der Waals surface area contributed by atoms with Crippen LogP contribution in [0.1, 0.15) is 17.3 Å². The highest BCUT2D eigenvalue weighted by atomic mass is 79.9. The molecule has 1 heterocycles. The van der Waals surface area contributed by atoms with Crippen molar-refractivity contribution in [3.05, 3.63) is 51.0 Å². The van der Waals surface area contributed by atoms with E-state index < -0.39 is 0 Å². The molecule has 0 unspecified atom stereocenters. The van der Waals surface area contributed by atoms with E-state index in [1.165, 1.54) is 0 Å². The van der Waals surface area contributed by atoms with Crippen LogP contribution in [0.4, 0.5) is 5.82 Å². The van der Waals surface area contributed by atoms with E-state index in [-0.39, 0.29) is 5.91 Å². The predicted octanol–water partition coefficient (Wildman–Crippen LogP) is 4.28. The fourth-order valence-corrected chi connectivity index (χ4v) is 2.53. The van der Waals surface area contributed by atoms with Crippen LogP contribution in [0, 0.1) is 0 Å². The highest BCUT2D eigenvalue weighted by Gasteiger charge is 2.20. The third-order valence-corrected chi connectivity index (χ3v) is 4.11. The van der Waals surface area contributed by atoms with Crippen LogP contribution in [0.25, 0.3) is 0 Å². The lowest BCUT2D eigenvalue weighted by molar-refractivity contribution is 0.0986. The smallest absolute Gasteiger partial charge is 0.260 e. The van der Waals surface area contributed by atoms with Crippen molar-refractivity contribution in [2.24, 2.45) is 0 Å². The maximum absolute atomic E-state index is 12.7.